The molecular weight excluding hydrogens is 410 g/mol. The maximum Gasteiger partial charge on any atom is 0.573 e. The molecule has 1 heterocycles. The van der Waals surface area contributed by atoms with Crippen LogP contribution in [0.3, 0.4) is 0 Å². The Balaban J connectivity index is 1.86. The van der Waals surface area contributed by atoms with E-state index < -0.39 is 29.4 Å². The highest BCUT2D eigenvalue weighted by atomic mass is 19.4. The maximum atomic E-state index is 14.7. The predicted octanol–water partition coefficient (Wildman–Crippen LogP) is 4.32. The third-order valence-electron chi connectivity index (χ3n) is 3.80. The number of aryl methyl sites for hydroxylation is 1. The van der Waals surface area contributed by atoms with Crippen LogP contribution in [0.2, 0.25) is 0 Å². The Hall–Kier alpha value is -3.89. The molecule has 0 fully saturated rings. The SMILES string of the molecule is Cc1ccc(Oc2ccc(OC(F)(F)F)cc2)c(C(=O)Nc2cc[n+](=O)[nH]c2)c1F. The molecule has 3 rings (SSSR count). The summed E-state index contributed by atoms with van der Waals surface area (Å²) in [6.45, 7) is 1.45. The highest BCUT2D eigenvalue weighted by Crippen LogP contribution is 2.31. The van der Waals surface area contributed by atoms with E-state index in [-0.39, 0.29) is 22.7 Å². The van der Waals surface area contributed by atoms with Crippen molar-refractivity contribution in [3.8, 4) is 17.2 Å². The fourth-order valence-corrected chi connectivity index (χ4v) is 2.44. The number of hydrogen-bond acceptors (Lipinski definition) is 4. The zero-order valence-corrected chi connectivity index (χ0v) is 15.3. The molecule has 0 aliphatic rings. The smallest absolute Gasteiger partial charge is 0.456 e. The van der Waals surface area contributed by atoms with Gasteiger partial charge in [0, 0.05) is 6.07 Å². The number of H-pyrrole nitrogens is 1. The standard InChI is InChI=1S/C19H13F4N3O4/c1-11-2-7-15(29-13-3-5-14(6-4-13)30-19(21,22)23)16(17(11)20)18(27)25-12-8-9-26(28)24-10-12/h2-10H,1H3,(H-,24,25,27,28)/p+1. The van der Waals surface area contributed by atoms with Gasteiger partial charge in [-0.15, -0.1) is 18.3 Å². The molecule has 2 aromatic carbocycles. The van der Waals surface area contributed by atoms with Gasteiger partial charge in [0.25, 0.3) is 12.1 Å². The molecule has 0 saturated heterocycles. The van der Waals surface area contributed by atoms with Gasteiger partial charge < -0.3 is 14.8 Å². The number of aromatic amines is 1. The molecule has 0 aliphatic carbocycles. The minimum absolute atomic E-state index is 0.0577. The quantitative estimate of drug-likeness (QED) is 0.472. The Kier molecular flexibility index (Phi) is 5.72. The van der Waals surface area contributed by atoms with E-state index in [1.165, 1.54) is 43.5 Å². The summed E-state index contributed by atoms with van der Waals surface area (Å²) in [7, 11) is 0. The molecule has 7 nitrogen and oxygen atoms in total. The average molecular weight is 424 g/mol. The van der Waals surface area contributed by atoms with Gasteiger partial charge in [-0.3, -0.25) is 4.79 Å². The number of amides is 1. The van der Waals surface area contributed by atoms with Crippen molar-refractivity contribution < 1.29 is 36.4 Å². The summed E-state index contributed by atoms with van der Waals surface area (Å²) in [6.07, 6.45) is -2.53. The van der Waals surface area contributed by atoms with E-state index in [1.807, 2.05) is 0 Å². The Morgan fingerprint density at radius 2 is 1.73 bits per heavy atom. The van der Waals surface area contributed by atoms with E-state index in [4.69, 9.17) is 4.74 Å². The Labute approximate surface area is 166 Å². The summed E-state index contributed by atoms with van der Waals surface area (Å²) in [5, 5.41) is 4.72. The van der Waals surface area contributed by atoms with Crippen molar-refractivity contribution >= 4 is 11.6 Å². The number of halogens is 4. The number of aromatic nitrogens is 2. The summed E-state index contributed by atoms with van der Waals surface area (Å²) >= 11 is 0. The van der Waals surface area contributed by atoms with Crippen LogP contribution in [-0.2, 0) is 0 Å². The fraction of sp³-hybridized carbons (Fsp3) is 0.105. The number of carbonyl (C=O) groups is 1. The number of rotatable bonds is 5. The lowest BCUT2D eigenvalue weighted by Gasteiger charge is -2.14. The average Bonchev–Trinajstić information content (AvgIpc) is 2.67. The van der Waals surface area contributed by atoms with Crippen molar-refractivity contribution in [2.75, 3.05) is 5.32 Å². The molecule has 0 bridgehead atoms. The molecule has 3 aromatic rings. The Morgan fingerprint density at radius 1 is 1.07 bits per heavy atom. The first-order valence-corrected chi connectivity index (χ1v) is 8.37. The van der Waals surface area contributed by atoms with E-state index in [0.717, 1.165) is 18.3 Å². The van der Waals surface area contributed by atoms with Crippen molar-refractivity contribution in [3.63, 3.8) is 0 Å². The summed E-state index contributed by atoms with van der Waals surface area (Å²) < 4.78 is 61.1. The lowest BCUT2D eigenvalue weighted by atomic mass is 10.1. The van der Waals surface area contributed by atoms with Crippen LogP contribution in [0.15, 0.2) is 54.9 Å². The minimum Gasteiger partial charge on any atom is -0.456 e. The third kappa shape index (κ3) is 5.13. The van der Waals surface area contributed by atoms with Gasteiger partial charge in [-0.2, -0.15) is 0 Å². The van der Waals surface area contributed by atoms with Gasteiger partial charge in [0.2, 0.25) is 0 Å². The zero-order valence-electron chi connectivity index (χ0n) is 15.3. The molecular formula is C19H14F4N3O4+. The second-order valence-corrected chi connectivity index (χ2v) is 6.02. The first-order chi connectivity index (χ1) is 14.1. The number of carbonyl (C=O) groups excluding carboxylic acids is 1. The third-order valence-corrected chi connectivity index (χ3v) is 3.80. The van der Waals surface area contributed by atoms with Crippen molar-refractivity contribution in [1.82, 2.24) is 5.10 Å². The second-order valence-electron chi connectivity index (χ2n) is 6.02. The maximum absolute atomic E-state index is 14.7. The molecule has 0 aliphatic heterocycles. The monoisotopic (exact) mass is 424 g/mol. The molecule has 0 unspecified atom stereocenters. The number of nitrogens with zero attached hydrogens (tertiary/aromatic N) is 1. The van der Waals surface area contributed by atoms with Gasteiger partial charge in [0.1, 0.15) is 28.6 Å². The molecule has 1 aromatic heterocycles. The Bertz CT molecular complexity index is 1110. The number of alkyl halides is 3. The van der Waals surface area contributed by atoms with E-state index in [9.17, 15) is 27.3 Å². The molecule has 1 amide bonds. The number of hydrogen-bond donors (Lipinski definition) is 2. The van der Waals surface area contributed by atoms with E-state index in [2.05, 4.69) is 15.2 Å². The lowest BCUT2D eigenvalue weighted by Crippen LogP contribution is -2.20. The van der Waals surface area contributed by atoms with Crippen LogP contribution < -0.4 is 19.3 Å². The van der Waals surface area contributed by atoms with Gasteiger partial charge >= 0.3 is 6.36 Å². The van der Waals surface area contributed by atoms with E-state index in [1.54, 1.807) is 0 Å². The molecule has 30 heavy (non-hydrogen) atoms. The summed E-state index contributed by atoms with van der Waals surface area (Å²) in [6, 6.07) is 8.44. The lowest BCUT2D eigenvalue weighted by molar-refractivity contribution is -0.564. The normalized spacial score (nSPS) is 11.1. The van der Waals surface area contributed by atoms with Crippen LogP contribution in [0.5, 0.6) is 17.2 Å². The van der Waals surface area contributed by atoms with Crippen LogP contribution >= 0.6 is 0 Å². The predicted molar refractivity (Wildman–Crippen MR) is 96.4 cm³/mol. The van der Waals surface area contributed by atoms with Crippen LogP contribution in [0.25, 0.3) is 0 Å². The van der Waals surface area contributed by atoms with Gasteiger partial charge in [-0.25, -0.2) is 4.39 Å². The van der Waals surface area contributed by atoms with Crippen LogP contribution in [-0.4, -0.2) is 17.4 Å². The van der Waals surface area contributed by atoms with Crippen molar-refractivity contribution in [2.45, 2.75) is 13.3 Å². The summed E-state index contributed by atoms with van der Waals surface area (Å²) in [5.41, 5.74) is -0.0319. The van der Waals surface area contributed by atoms with Crippen LogP contribution in [0.4, 0.5) is 23.2 Å². The molecule has 0 atom stereocenters. The highest BCUT2D eigenvalue weighted by Gasteiger charge is 2.31. The zero-order chi connectivity index (χ0) is 21.9. The van der Waals surface area contributed by atoms with Gasteiger partial charge in [-0.1, -0.05) is 6.07 Å². The summed E-state index contributed by atoms with van der Waals surface area (Å²) in [4.78, 5) is 23.7. The molecule has 0 radical (unpaired) electrons. The first-order valence-electron chi connectivity index (χ1n) is 8.37. The van der Waals surface area contributed by atoms with Crippen molar-refractivity contribution in [3.05, 3.63) is 76.7 Å². The van der Waals surface area contributed by atoms with E-state index in [0.29, 0.717) is 4.54 Å². The number of ether oxygens (including phenoxy) is 2. The second kappa shape index (κ2) is 8.23. The molecule has 156 valence electrons. The van der Waals surface area contributed by atoms with Gasteiger partial charge in [0.15, 0.2) is 4.54 Å². The molecule has 2 N–H and O–H groups in total. The highest BCUT2D eigenvalue weighted by molar-refractivity contribution is 6.06. The number of anilines is 1. The van der Waals surface area contributed by atoms with Gasteiger partial charge in [-0.05, 0) is 42.8 Å². The van der Waals surface area contributed by atoms with Crippen molar-refractivity contribution in [2.24, 2.45) is 0 Å². The van der Waals surface area contributed by atoms with E-state index >= 15 is 0 Å². The van der Waals surface area contributed by atoms with Crippen LogP contribution in [0, 0.1) is 17.6 Å². The van der Waals surface area contributed by atoms with Crippen molar-refractivity contribution in [1.29, 1.82) is 0 Å². The molecule has 0 saturated carbocycles. The number of benzene rings is 2. The fourth-order valence-electron chi connectivity index (χ4n) is 2.44. The first kappa shape index (κ1) is 20.8. The topological polar surface area (TPSA) is 86.3 Å². The molecule has 0 spiro atoms. The number of nitrogens with one attached hydrogen (secondary N) is 2. The van der Waals surface area contributed by atoms with Gasteiger partial charge in [0.05, 0.1) is 16.8 Å². The Morgan fingerprint density at radius 3 is 2.33 bits per heavy atom. The molecule has 11 heteroatoms. The minimum atomic E-state index is -4.84. The summed E-state index contributed by atoms with van der Waals surface area (Å²) in [5.74, 6) is -2.24. The largest absolute Gasteiger partial charge is 0.573 e. The van der Waals surface area contributed by atoms with Crippen LogP contribution in [0.1, 0.15) is 15.9 Å².